The maximum absolute atomic E-state index is 11.8. The molecular weight excluding hydrogens is 394 g/mol. The molecule has 4 atom stereocenters. The molecule has 0 amide bonds. The monoisotopic (exact) mass is 421 g/mol. The number of esters is 1. The number of furan rings is 1. The number of rotatable bonds is 5. The molecule has 0 spiro atoms. The maximum Gasteiger partial charge on any atom is 0.337 e. The van der Waals surface area contributed by atoms with Gasteiger partial charge in [0.05, 0.1) is 25.0 Å². The van der Waals surface area contributed by atoms with E-state index in [9.17, 15) is 9.90 Å². The molecule has 1 aliphatic carbocycles. The van der Waals surface area contributed by atoms with Crippen molar-refractivity contribution in [3.63, 3.8) is 0 Å². The second kappa shape index (κ2) is 8.36. The number of ether oxygens (including phenoxy) is 2. The summed E-state index contributed by atoms with van der Waals surface area (Å²) in [7, 11) is 1.36. The van der Waals surface area contributed by atoms with E-state index in [1.54, 1.807) is 24.5 Å². The summed E-state index contributed by atoms with van der Waals surface area (Å²) in [5.41, 5.74) is 2.64. The van der Waals surface area contributed by atoms with E-state index in [-0.39, 0.29) is 6.10 Å². The van der Waals surface area contributed by atoms with Gasteiger partial charge in [0.15, 0.2) is 0 Å². The van der Waals surface area contributed by atoms with Crippen LogP contribution in [0.4, 0.5) is 0 Å². The Bertz CT molecular complexity index is 1080. The van der Waals surface area contributed by atoms with Crippen molar-refractivity contribution >= 4 is 16.9 Å². The molecule has 1 aromatic heterocycles. The number of carbonyl (C=O) groups excluding carboxylic acids is 1. The standard InChI is InChI=1S/C25H27NO5/c1-29-25(28)18-3-2-4-21(10-18)31-24-12-20-15-26(14-19(20)11-22(24)27)13-16-5-6-23-17(9-16)7-8-30-23/h2-10,19-20,22,24,27H,11-15H2,1H3/t19-,20+,22+,24+/m0/s1. The van der Waals surface area contributed by atoms with Crippen LogP contribution < -0.4 is 4.74 Å². The Morgan fingerprint density at radius 2 is 1.97 bits per heavy atom. The van der Waals surface area contributed by atoms with Gasteiger partial charge in [-0.3, -0.25) is 4.90 Å². The highest BCUT2D eigenvalue weighted by Gasteiger charge is 2.42. The summed E-state index contributed by atoms with van der Waals surface area (Å²) in [6.45, 7) is 2.90. The summed E-state index contributed by atoms with van der Waals surface area (Å²) < 4.78 is 16.3. The van der Waals surface area contributed by atoms with Crippen molar-refractivity contribution in [2.45, 2.75) is 31.6 Å². The first-order valence-electron chi connectivity index (χ1n) is 10.8. The van der Waals surface area contributed by atoms with Gasteiger partial charge in [-0.2, -0.15) is 0 Å². The summed E-state index contributed by atoms with van der Waals surface area (Å²) >= 11 is 0. The van der Waals surface area contributed by atoms with E-state index in [1.165, 1.54) is 12.7 Å². The minimum atomic E-state index is -0.509. The Morgan fingerprint density at radius 1 is 1.13 bits per heavy atom. The molecule has 0 unspecified atom stereocenters. The third kappa shape index (κ3) is 4.18. The molecule has 0 bridgehead atoms. The number of benzene rings is 2. The fourth-order valence-electron chi connectivity index (χ4n) is 5.10. The summed E-state index contributed by atoms with van der Waals surface area (Å²) in [5.74, 6) is 1.17. The van der Waals surface area contributed by atoms with Crippen LogP contribution in [0.25, 0.3) is 11.0 Å². The third-order valence-electron chi connectivity index (χ3n) is 6.63. The van der Waals surface area contributed by atoms with Crippen LogP contribution in [0, 0.1) is 11.8 Å². The lowest BCUT2D eigenvalue weighted by Gasteiger charge is -2.35. The molecule has 1 aliphatic heterocycles. The van der Waals surface area contributed by atoms with Crippen LogP contribution in [0.2, 0.25) is 0 Å². The minimum Gasteiger partial charge on any atom is -0.488 e. The highest BCUT2D eigenvalue weighted by Crippen LogP contribution is 2.38. The molecule has 0 radical (unpaired) electrons. The number of likely N-dealkylation sites (tertiary alicyclic amines) is 1. The number of aliphatic hydroxyl groups excluding tert-OH is 1. The lowest BCUT2D eigenvalue weighted by Crippen LogP contribution is -2.42. The number of carbonyl (C=O) groups is 1. The predicted molar refractivity (Wildman–Crippen MR) is 116 cm³/mol. The third-order valence-corrected chi connectivity index (χ3v) is 6.63. The first-order valence-corrected chi connectivity index (χ1v) is 10.8. The molecule has 5 rings (SSSR count). The van der Waals surface area contributed by atoms with Gasteiger partial charge in [0, 0.05) is 25.0 Å². The number of methoxy groups -OCH3 is 1. The van der Waals surface area contributed by atoms with Crippen LogP contribution >= 0.6 is 0 Å². The molecule has 31 heavy (non-hydrogen) atoms. The van der Waals surface area contributed by atoms with Gasteiger partial charge in [-0.15, -0.1) is 0 Å². The summed E-state index contributed by atoms with van der Waals surface area (Å²) in [6.07, 6.45) is 2.50. The first kappa shape index (κ1) is 20.1. The molecular formula is C25H27NO5. The SMILES string of the molecule is COC(=O)c1cccc(O[C@@H]2C[C@@H]3CN(Cc4ccc5occc5c4)C[C@@H]3C[C@H]2O)c1. The first-order chi connectivity index (χ1) is 15.1. The topological polar surface area (TPSA) is 72.1 Å². The zero-order chi connectivity index (χ0) is 21.4. The quantitative estimate of drug-likeness (QED) is 0.631. The van der Waals surface area contributed by atoms with Crippen molar-refractivity contribution in [1.29, 1.82) is 0 Å². The van der Waals surface area contributed by atoms with E-state index in [0.29, 0.717) is 23.1 Å². The normalized spacial score (nSPS) is 26.0. The van der Waals surface area contributed by atoms with E-state index < -0.39 is 12.1 Å². The van der Waals surface area contributed by atoms with Crippen LogP contribution in [0.5, 0.6) is 5.75 Å². The van der Waals surface area contributed by atoms with Crippen molar-refractivity contribution in [3.05, 3.63) is 65.9 Å². The smallest absolute Gasteiger partial charge is 0.337 e. The van der Waals surface area contributed by atoms with Gasteiger partial charge in [0.25, 0.3) is 0 Å². The van der Waals surface area contributed by atoms with Crippen LogP contribution in [-0.2, 0) is 11.3 Å². The molecule has 162 valence electrons. The fraction of sp³-hybridized carbons (Fsp3) is 0.400. The van der Waals surface area contributed by atoms with Gasteiger partial charge in [-0.25, -0.2) is 4.79 Å². The highest BCUT2D eigenvalue weighted by atomic mass is 16.5. The second-order valence-electron chi connectivity index (χ2n) is 8.72. The van der Waals surface area contributed by atoms with Crippen LogP contribution in [0.3, 0.4) is 0 Å². The Kier molecular flexibility index (Phi) is 5.42. The van der Waals surface area contributed by atoms with Gasteiger partial charge in [-0.05, 0) is 66.6 Å². The fourth-order valence-corrected chi connectivity index (χ4v) is 5.10. The zero-order valence-corrected chi connectivity index (χ0v) is 17.6. The average Bonchev–Trinajstić information content (AvgIpc) is 3.39. The van der Waals surface area contributed by atoms with Gasteiger partial charge >= 0.3 is 5.97 Å². The number of hydrogen-bond acceptors (Lipinski definition) is 6. The van der Waals surface area contributed by atoms with Crippen LogP contribution in [0.1, 0.15) is 28.8 Å². The van der Waals surface area contributed by atoms with Crippen LogP contribution in [-0.4, -0.2) is 48.4 Å². The summed E-state index contributed by atoms with van der Waals surface area (Å²) in [5, 5.41) is 11.9. The van der Waals surface area contributed by atoms with Crippen LogP contribution in [0.15, 0.2) is 59.2 Å². The average molecular weight is 421 g/mol. The molecule has 1 saturated carbocycles. The van der Waals surface area contributed by atoms with E-state index in [0.717, 1.165) is 43.4 Å². The van der Waals surface area contributed by atoms with E-state index >= 15 is 0 Å². The number of fused-ring (bicyclic) bond motifs is 2. The number of nitrogens with zero attached hydrogens (tertiary/aromatic N) is 1. The van der Waals surface area contributed by atoms with Gasteiger partial charge in [0.1, 0.15) is 17.4 Å². The van der Waals surface area contributed by atoms with Gasteiger partial charge < -0.3 is 19.0 Å². The van der Waals surface area contributed by atoms with Crippen molar-refractivity contribution in [2.24, 2.45) is 11.8 Å². The highest BCUT2D eigenvalue weighted by molar-refractivity contribution is 5.89. The Labute approximate surface area is 181 Å². The number of hydrogen-bond donors (Lipinski definition) is 1. The number of aliphatic hydroxyl groups is 1. The Morgan fingerprint density at radius 3 is 2.81 bits per heavy atom. The van der Waals surface area contributed by atoms with E-state index in [1.807, 2.05) is 18.2 Å². The van der Waals surface area contributed by atoms with Crippen molar-refractivity contribution in [3.8, 4) is 5.75 Å². The molecule has 6 heteroatoms. The van der Waals surface area contributed by atoms with Crippen molar-refractivity contribution in [2.75, 3.05) is 20.2 Å². The van der Waals surface area contributed by atoms with Gasteiger partial charge in [0.2, 0.25) is 0 Å². The molecule has 3 aromatic rings. The maximum atomic E-state index is 11.8. The Balaban J connectivity index is 1.23. The lowest BCUT2D eigenvalue weighted by atomic mass is 9.78. The molecule has 6 nitrogen and oxygen atoms in total. The predicted octanol–water partition coefficient (Wildman–Crippen LogP) is 3.87. The van der Waals surface area contributed by atoms with Crippen molar-refractivity contribution in [1.82, 2.24) is 4.90 Å². The van der Waals surface area contributed by atoms with Crippen molar-refractivity contribution < 1.29 is 23.8 Å². The van der Waals surface area contributed by atoms with E-state index in [4.69, 9.17) is 13.9 Å². The van der Waals surface area contributed by atoms with E-state index in [2.05, 4.69) is 17.0 Å². The summed E-state index contributed by atoms with van der Waals surface area (Å²) in [6, 6.07) is 15.3. The largest absolute Gasteiger partial charge is 0.488 e. The van der Waals surface area contributed by atoms with Gasteiger partial charge in [-0.1, -0.05) is 12.1 Å². The molecule has 2 aliphatic rings. The Hall–Kier alpha value is -2.83. The zero-order valence-electron chi connectivity index (χ0n) is 17.6. The molecule has 2 aromatic carbocycles. The second-order valence-corrected chi connectivity index (χ2v) is 8.72. The minimum absolute atomic E-state index is 0.267. The molecule has 2 heterocycles. The molecule has 1 N–H and O–H groups in total. The lowest BCUT2D eigenvalue weighted by molar-refractivity contribution is -0.0231. The molecule has 1 saturated heterocycles. The molecule has 2 fully saturated rings. The summed E-state index contributed by atoms with van der Waals surface area (Å²) in [4.78, 5) is 14.3.